The van der Waals surface area contributed by atoms with Gasteiger partial charge in [0, 0.05) is 23.6 Å². The first-order valence-electron chi connectivity index (χ1n) is 10.4. The number of hydrogen-bond donors (Lipinski definition) is 0. The topological polar surface area (TPSA) is 120 Å². The fraction of sp³-hybridized carbons (Fsp3) is 0.0800. The van der Waals surface area contributed by atoms with Crippen LogP contribution in [0, 0.1) is 17.0 Å². The molecule has 0 spiro atoms. The van der Waals surface area contributed by atoms with E-state index in [2.05, 4.69) is 5.16 Å². The average Bonchev–Trinajstić information content (AvgIpc) is 3.40. The van der Waals surface area contributed by atoms with Crippen LogP contribution in [0.5, 0.6) is 0 Å². The van der Waals surface area contributed by atoms with Crippen molar-refractivity contribution < 1.29 is 18.7 Å². The lowest BCUT2D eigenvalue weighted by molar-refractivity contribution is -0.384. The molecule has 0 N–H and O–H groups in total. The Labute approximate surface area is 191 Å². The monoisotopic (exact) mass is 453 g/mol. The van der Waals surface area contributed by atoms with Gasteiger partial charge in [0.25, 0.3) is 11.6 Å². The summed E-state index contributed by atoms with van der Waals surface area (Å²) in [4.78, 5) is 39.6. The molecule has 0 fully saturated rings. The fourth-order valence-electron chi connectivity index (χ4n) is 4.53. The molecule has 9 heteroatoms. The lowest BCUT2D eigenvalue weighted by atomic mass is 9.97. The van der Waals surface area contributed by atoms with Gasteiger partial charge in [-0.3, -0.25) is 24.6 Å². The number of nitro benzene ring substituents is 1. The normalized spacial score (nSPS) is 15.3. The number of benzene rings is 3. The summed E-state index contributed by atoms with van der Waals surface area (Å²) >= 11 is 0. The number of carbonyl (C=O) groups is 1. The summed E-state index contributed by atoms with van der Waals surface area (Å²) in [5.74, 6) is -0.0523. The molecule has 6 rings (SSSR count). The van der Waals surface area contributed by atoms with Crippen molar-refractivity contribution in [1.29, 1.82) is 0 Å². The van der Waals surface area contributed by atoms with Crippen molar-refractivity contribution >= 4 is 39.2 Å². The molecule has 0 saturated heterocycles. The minimum Gasteiger partial charge on any atom is -0.450 e. The Morgan fingerprint density at radius 2 is 1.82 bits per heavy atom. The molecule has 1 aliphatic heterocycles. The van der Waals surface area contributed by atoms with E-state index < -0.39 is 16.9 Å². The van der Waals surface area contributed by atoms with Crippen LogP contribution in [0.3, 0.4) is 0 Å². The summed E-state index contributed by atoms with van der Waals surface area (Å²) in [6.07, 6.45) is 0. The van der Waals surface area contributed by atoms with E-state index in [0.29, 0.717) is 27.7 Å². The molecule has 2 aromatic heterocycles. The maximum absolute atomic E-state index is 13.8. The van der Waals surface area contributed by atoms with Crippen LogP contribution >= 0.6 is 0 Å². The van der Waals surface area contributed by atoms with Gasteiger partial charge in [-0.25, -0.2) is 0 Å². The molecule has 0 bridgehead atoms. The molecule has 3 heterocycles. The van der Waals surface area contributed by atoms with Crippen LogP contribution < -0.4 is 10.3 Å². The Morgan fingerprint density at radius 3 is 2.59 bits per heavy atom. The van der Waals surface area contributed by atoms with Gasteiger partial charge in [-0.1, -0.05) is 47.6 Å². The van der Waals surface area contributed by atoms with Crippen LogP contribution in [0.1, 0.15) is 33.5 Å². The van der Waals surface area contributed by atoms with Crippen LogP contribution in [0.4, 0.5) is 11.5 Å². The second-order valence-electron chi connectivity index (χ2n) is 8.06. The molecule has 34 heavy (non-hydrogen) atoms. The van der Waals surface area contributed by atoms with Crippen LogP contribution in [-0.4, -0.2) is 16.0 Å². The molecular formula is C25H15N3O6. The number of hydrogen-bond acceptors (Lipinski definition) is 7. The van der Waals surface area contributed by atoms with Gasteiger partial charge in [-0.05, 0) is 23.9 Å². The largest absolute Gasteiger partial charge is 0.450 e. The maximum Gasteiger partial charge on any atom is 0.296 e. The highest BCUT2D eigenvalue weighted by Crippen LogP contribution is 2.42. The summed E-state index contributed by atoms with van der Waals surface area (Å²) in [7, 11) is 0. The third-order valence-electron chi connectivity index (χ3n) is 6.02. The summed E-state index contributed by atoms with van der Waals surface area (Å²) in [6.45, 7) is 1.68. The highest BCUT2D eigenvalue weighted by Gasteiger charge is 2.45. The summed E-state index contributed by atoms with van der Waals surface area (Å²) in [5, 5.41) is 17.3. The number of amides is 1. The Hall–Kier alpha value is -4.79. The summed E-state index contributed by atoms with van der Waals surface area (Å²) in [5.41, 5.74) is 0.259. The van der Waals surface area contributed by atoms with Crippen LogP contribution in [0.15, 0.2) is 80.5 Å². The molecular weight excluding hydrogens is 438 g/mol. The van der Waals surface area contributed by atoms with Crippen molar-refractivity contribution in [3.05, 3.63) is 110 Å². The number of non-ortho nitro benzene ring substituents is 1. The Balaban J connectivity index is 1.68. The molecule has 0 saturated carbocycles. The first-order chi connectivity index (χ1) is 16.4. The third-order valence-corrected chi connectivity index (χ3v) is 6.02. The van der Waals surface area contributed by atoms with Crippen LogP contribution in [0.2, 0.25) is 0 Å². The molecule has 1 unspecified atom stereocenters. The first kappa shape index (κ1) is 19.9. The van der Waals surface area contributed by atoms with E-state index in [-0.39, 0.29) is 28.3 Å². The van der Waals surface area contributed by atoms with Gasteiger partial charge in [0.15, 0.2) is 11.2 Å². The minimum atomic E-state index is -0.973. The molecule has 166 valence electrons. The molecule has 0 aliphatic carbocycles. The second kappa shape index (κ2) is 7.11. The highest BCUT2D eigenvalue weighted by atomic mass is 16.6. The minimum absolute atomic E-state index is 0.105. The van der Waals surface area contributed by atoms with Crippen molar-refractivity contribution in [1.82, 2.24) is 5.16 Å². The van der Waals surface area contributed by atoms with Gasteiger partial charge in [0.05, 0.1) is 21.9 Å². The highest BCUT2D eigenvalue weighted by molar-refractivity contribution is 6.12. The van der Waals surface area contributed by atoms with Gasteiger partial charge in [0.1, 0.15) is 11.3 Å². The molecule has 1 atom stereocenters. The van der Waals surface area contributed by atoms with Crippen molar-refractivity contribution in [3.63, 3.8) is 0 Å². The first-order valence-corrected chi connectivity index (χ1v) is 10.4. The van der Waals surface area contributed by atoms with Crippen molar-refractivity contribution in [2.45, 2.75) is 13.0 Å². The molecule has 0 radical (unpaired) electrons. The SMILES string of the molecule is Cc1cc(N2C(=O)c3oc4c(ccc5ccccc54)c(=O)c3C2c2cccc([N+](=O)[O-])c2)no1. The number of rotatable bonds is 3. The zero-order valence-electron chi connectivity index (χ0n) is 17.7. The smallest absolute Gasteiger partial charge is 0.296 e. The quantitative estimate of drug-likeness (QED) is 0.216. The molecule has 9 nitrogen and oxygen atoms in total. The van der Waals surface area contributed by atoms with Crippen molar-refractivity contribution in [2.24, 2.45) is 0 Å². The molecule has 1 amide bonds. The lowest BCUT2D eigenvalue weighted by Crippen LogP contribution is -2.29. The van der Waals surface area contributed by atoms with E-state index in [1.54, 1.807) is 25.1 Å². The average molecular weight is 453 g/mol. The van der Waals surface area contributed by atoms with Crippen molar-refractivity contribution in [3.8, 4) is 0 Å². The Kier molecular flexibility index (Phi) is 4.15. The molecule has 5 aromatic rings. The zero-order chi connectivity index (χ0) is 23.6. The van der Waals surface area contributed by atoms with E-state index in [9.17, 15) is 19.7 Å². The number of aromatic nitrogens is 1. The van der Waals surface area contributed by atoms with E-state index in [1.165, 1.54) is 23.1 Å². The van der Waals surface area contributed by atoms with Gasteiger partial charge >= 0.3 is 0 Å². The number of anilines is 1. The predicted molar refractivity (Wildman–Crippen MR) is 123 cm³/mol. The van der Waals surface area contributed by atoms with Gasteiger partial charge in [-0.2, -0.15) is 0 Å². The van der Waals surface area contributed by atoms with E-state index in [4.69, 9.17) is 8.94 Å². The number of nitrogens with zero attached hydrogens (tertiary/aromatic N) is 3. The van der Waals surface area contributed by atoms with Gasteiger partial charge in [-0.15, -0.1) is 0 Å². The van der Waals surface area contributed by atoms with Crippen LogP contribution in [-0.2, 0) is 0 Å². The molecule has 1 aliphatic rings. The standard InChI is InChI=1S/C25H15N3O6/c1-13-11-19(26-34-13)27-21(15-6-4-7-16(12-15)28(31)32)20-22(29)18-10-9-14-5-2-3-8-17(14)23(18)33-24(20)25(27)30/h2-12,21H,1H3. The van der Waals surface area contributed by atoms with Gasteiger partial charge < -0.3 is 8.94 Å². The number of carbonyl (C=O) groups excluding carboxylic acids is 1. The number of aryl methyl sites for hydroxylation is 1. The van der Waals surface area contributed by atoms with Gasteiger partial charge in [0.2, 0.25) is 5.76 Å². The van der Waals surface area contributed by atoms with E-state index >= 15 is 0 Å². The van der Waals surface area contributed by atoms with Crippen LogP contribution in [0.25, 0.3) is 21.7 Å². The summed E-state index contributed by atoms with van der Waals surface area (Å²) < 4.78 is 11.3. The Bertz CT molecular complexity index is 1720. The molecule has 3 aromatic carbocycles. The van der Waals surface area contributed by atoms with Crippen molar-refractivity contribution in [2.75, 3.05) is 4.90 Å². The Morgan fingerprint density at radius 1 is 1.00 bits per heavy atom. The summed E-state index contributed by atoms with van der Waals surface area (Å²) in [6, 6.07) is 17.3. The zero-order valence-corrected chi connectivity index (χ0v) is 17.7. The third kappa shape index (κ3) is 2.77. The number of nitro groups is 1. The van der Waals surface area contributed by atoms with E-state index in [0.717, 1.165) is 5.39 Å². The fourth-order valence-corrected chi connectivity index (χ4v) is 4.53. The maximum atomic E-state index is 13.8. The lowest BCUT2D eigenvalue weighted by Gasteiger charge is -2.22. The number of fused-ring (bicyclic) bond motifs is 4. The predicted octanol–water partition coefficient (Wildman–Crippen LogP) is 4.90. The second-order valence-corrected chi connectivity index (χ2v) is 8.06. The van der Waals surface area contributed by atoms with E-state index in [1.807, 2.05) is 30.3 Å².